The van der Waals surface area contributed by atoms with Crippen molar-refractivity contribution >= 4 is 5.69 Å². The molecule has 0 amide bonds. The fourth-order valence-electron chi connectivity index (χ4n) is 2.50. The van der Waals surface area contributed by atoms with Gasteiger partial charge < -0.3 is 19.2 Å². The maximum Gasteiger partial charge on any atom is 0.335 e. The number of hydrogen-bond donors (Lipinski definition) is 1. The lowest BCUT2D eigenvalue weighted by Crippen LogP contribution is -2.51. The van der Waals surface area contributed by atoms with E-state index in [1.165, 1.54) is 29.4 Å². The molecule has 1 aromatic heterocycles. The third-order valence-corrected chi connectivity index (χ3v) is 3.53. The molecule has 0 fully saturated rings. The van der Waals surface area contributed by atoms with Gasteiger partial charge in [-0.2, -0.15) is 8.78 Å². The normalized spacial score (nSPS) is 18.7. The number of alkyl halides is 2. The van der Waals surface area contributed by atoms with Gasteiger partial charge in [-0.25, -0.2) is 0 Å². The van der Waals surface area contributed by atoms with E-state index in [9.17, 15) is 13.9 Å². The molecule has 0 spiro atoms. The van der Waals surface area contributed by atoms with Gasteiger partial charge >= 0.3 is 5.92 Å². The monoisotopic (exact) mass is 307 g/mol. The van der Waals surface area contributed by atoms with Crippen LogP contribution in [-0.4, -0.2) is 23.8 Å². The van der Waals surface area contributed by atoms with E-state index in [0.717, 1.165) is 0 Å². The van der Waals surface area contributed by atoms with E-state index in [2.05, 4.69) is 6.58 Å². The van der Waals surface area contributed by atoms with E-state index in [0.29, 0.717) is 11.4 Å². The van der Waals surface area contributed by atoms with E-state index in [1.54, 1.807) is 24.3 Å². The van der Waals surface area contributed by atoms with Crippen LogP contribution < -0.4 is 9.64 Å². The summed E-state index contributed by atoms with van der Waals surface area (Å²) in [6.45, 7) is 3.75. The predicted molar refractivity (Wildman–Crippen MR) is 77.0 cm³/mol. The van der Waals surface area contributed by atoms with Crippen molar-refractivity contribution in [2.45, 2.75) is 18.3 Å². The van der Waals surface area contributed by atoms with Crippen LogP contribution in [0.15, 0.2) is 59.7 Å². The lowest BCUT2D eigenvalue weighted by atomic mass is 10.1. The summed E-state index contributed by atoms with van der Waals surface area (Å²) < 4.78 is 39.7. The number of anilines is 1. The summed E-state index contributed by atoms with van der Waals surface area (Å²) in [5.41, 5.74) is 0.540. The highest BCUT2D eigenvalue weighted by molar-refractivity contribution is 5.63. The maximum atomic E-state index is 14.7. The van der Waals surface area contributed by atoms with Crippen molar-refractivity contribution in [1.82, 2.24) is 0 Å². The molecule has 6 heteroatoms. The number of para-hydroxylation sites is 2. The SMILES string of the molecule is C=CCN1c2ccccc2OC1C(F)(F)C(O)c1ccco1. The number of rotatable bonds is 5. The van der Waals surface area contributed by atoms with Gasteiger partial charge in [0.1, 0.15) is 11.5 Å². The van der Waals surface area contributed by atoms with Crippen LogP contribution in [0.4, 0.5) is 14.5 Å². The molecule has 4 nitrogen and oxygen atoms in total. The predicted octanol–water partition coefficient (Wildman–Crippen LogP) is 3.36. The Morgan fingerprint density at radius 1 is 1.32 bits per heavy atom. The topological polar surface area (TPSA) is 45.8 Å². The summed E-state index contributed by atoms with van der Waals surface area (Å²) in [5.74, 6) is -3.43. The number of aliphatic hydroxyl groups excluding tert-OH is 1. The molecule has 3 rings (SSSR count). The van der Waals surface area contributed by atoms with Crippen molar-refractivity contribution in [2.75, 3.05) is 11.4 Å². The summed E-state index contributed by atoms with van der Waals surface area (Å²) in [5, 5.41) is 9.99. The average Bonchev–Trinajstić information content (AvgIpc) is 3.15. The molecule has 1 aliphatic rings. The first-order chi connectivity index (χ1) is 10.6. The Morgan fingerprint density at radius 2 is 2.09 bits per heavy atom. The molecule has 2 unspecified atom stereocenters. The van der Waals surface area contributed by atoms with Crippen molar-refractivity contribution in [3.63, 3.8) is 0 Å². The standard InChI is InChI=1S/C16H15F2NO3/c1-2-9-19-11-6-3-4-7-12(11)22-15(19)16(17,18)14(20)13-8-5-10-21-13/h2-8,10,14-15,20H,1,9H2. The number of ether oxygens (including phenoxy) is 1. The molecule has 1 aliphatic heterocycles. The first-order valence-corrected chi connectivity index (χ1v) is 6.78. The zero-order chi connectivity index (χ0) is 15.7. The van der Waals surface area contributed by atoms with Crippen molar-refractivity contribution in [3.05, 3.63) is 61.1 Å². The van der Waals surface area contributed by atoms with Gasteiger partial charge in [0.2, 0.25) is 6.23 Å². The van der Waals surface area contributed by atoms with Gasteiger partial charge in [0.25, 0.3) is 0 Å². The van der Waals surface area contributed by atoms with Crippen LogP contribution in [0.5, 0.6) is 5.75 Å². The molecule has 2 aromatic rings. The second kappa shape index (κ2) is 5.46. The molecule has 0 saturated carbocycles. The van der Waals surface area contributed by atoms with Crippen molar-refractivity contribution in [3.8, 4) is 5.75 Å². The highest BCUT2D eigenvalue weighted by atomic mass is 19.3. The summed E-state index contributed by atoms with van der Waals surface area (Å²) in [6.07, 6.45) is -0.995. The Bertz CT molecular complexity index is 657. The van der Waals surface area contributed by atoms with Crippen LogP contribution in [-0.2, 0) is 0 Å². The molecule has 0 bridgehead atoms. The highest BCUT2D eigenvalue weighted by Crippen LogP contribution is 2.45. The van der Waals surface area contributed by atoms with Gasteiger partial charge in [0, 0.05) is 6.54 Å². The van der Waals surface area contributed by atoms with Gasteiger partial charge in [-0.15, -0.1) is 6.58 Å². The molecule has 0 radical (unpaired) electrons. The first-order valence-electron chi connectivity index (χ1n) is 6.78. The van der Waals surface area contributed by atoms with Crippen molar-refractivity contribution in [1.29, 1.82) is 0 Å². The summed E-state index contributed by atoms with van der Waals surface area (Å²) >= 11 is 0. The number of benzene rings is 1. The highest BCUT2D eigenvalue weighted by Gasteiger charge is 2.55. The number of hydrogen-bond acceptors (Lipinski definition) is 4. The fraction of sp³-hybridized carbons (Fsp3) is 0.250. The summed E-state index contributed by atoms with van der Waals surface area (Å²) in [4.78, 5) is 1.37. The molecule has 116 valence electrons. The van der Waals surface area contributed by atoms with Gasteiger partial charge in [-0.05, 0) is 24.3 Å². The smallest absolute Gasteiger partial charge is 0.335 e. The van der Waals surface area contributed by atoms with Crippen LogP contribution in [0.2, 0.25) is 0 Å². The van der Waals surface area contributed by atoms with Gasteiger partial charge in [-0.1, -0.05) is 18.2 Å². The first kappa shape index (κ1) is 14.6. The van der Waals surface area contributed by atoms with Crippen LogP contribution in [0.3, 0.4) is 0 Å². The van der Waals surface area contributed by atoms with Crippen molar-refractivity contribution < 1.29 is 23.0 Å². The lowest BCUT2D eigenvalue weighted by Gasteiger charge is -2.32. The van der Waals surface area contributed by atoms with E-state index < -0.39 is 18.3 Å². The second-order valence-corrected chi connectivity index (χ2v) is 4.97. The lowest BCUT2D eigenvalue weighted by molar-refractivity contribution is -0.171. The number of halogens is 2. The molecule has 2 atom stereocenters. The Morgan fingerprint density at radius 3 is 2.77 bits per heavy atom. The van der Waals surface area contributed by atoms with Crippen LogP contribution in [0, 0.1) is 0 Å². The summed E-state index contributed by atoms with van der Waals surface area (Å²) in [7, 11) is 0. The van der Waals surface area contributed by atoms with Crippen LogP contribution >= 0.6 is 0 Å². The van der Waals surface area contributed by atoms with E-state index in [-0.39, 0.29) is 12.3 Å². The van der Waals surface area contributed by atoms with Gasteiger partial charge in [-0.3, -0.25) is 0 Å². The third kappa shape index (κ3) is 2.25. The minimum atomic E-state index is -3.57. The molecule has 0 aliphatic carbocycles. The largest absolute Gasteiger partial charge is 0.466 e. The minimum Gasteiger partial charge on any atom is -0.466 e. The Labute approximate surface area is 126 Å². The Hall–Kier alpha value is -2.34. The molecule has 1 aromatic carbocycles. The minimum absolute atomic E-state index is 0.169. The van der Waals surface area contributed by atoms with Crippen LogP contribution in [0.25, 0.3) is 0 Å². The number of furan rings is 1. The van der Waals surface area contributed by atoms with Gasteiger partial charge in [0.15, 0.2) is 6.10 Å². The third-order valence-electron chi connectivity index (χ3n) is 3.53. The van der Waals surface area contributed by atoms with E-state index >= 15 is 0 Å². The zero-order valence-corrected chi connectivity index (χ0v) is 11.7. The fourth-order valence-corrected chi connectivity index (χ4v) is 2.50. The molecule has 22 heavy (non-hydrogen) atoms. The second-order valence-electron chi connectivity index (χ2n) is 4.97. The quantitative estimate of drug-likeness (QED) is 0.860. The maximum absolute atomic E-state index is 14.7. The molecule has 2 heterocycles. The van der Waals surface area contributed by atoms with Crippen LogP contribution in [0.1, 0.15) is 11.9 Å². The Kier molecular flexibility index (Phi) is 3.62. The van der Waals surface area contributed by atoms with Gasteiger partial charge in [0.05, 0.1) is 12.0 Å². The molecular formula is C16H15F2NO3. The zero-order valence-electron chi connectivity index (χ0n) is 11.7. The number of aliphatic hydroxyl groups is 1. The number of nitrogens with zero attached hydrogens (tertiary/aromatic N) is 1. The summed E-state index contributed by atoms with van der Waals surface area (Å²) in [6, 6.07) is 9.49. The van der Waals surface area contributed by atoms with Crippen molar-refractivity contribution in [2.24, 2.45) is 0 Å². The average molecular weight is 307 g/mol. The molecule has 0 saturated heterocycles. The Balaban J connectivity index is 1.94. The molecular weight excluding hydrogens is 292 g/mol. The number of fused-ring (bicyclic) bond motifs is 1. The molecule has 1 N–H and O–H groups in total. The van der Waals surface area contributed by atoms with E-state index in [4.69, 9.17) is 9.15 Å². The van der Waals surface area contributed by atoms with E-state index in [1.807, 2.05) is 0 Å².